The molecule has 2 N–H and O–H groups in total. The number of hydrogen-bond donors (Lipinski definition) is 2. The van der Waals surface area contributed by atoms with Crippen molar-refractivity contribution in [1.29, 1.82) is 0 Å². The molecule has 0 aliphatic heterocycles. The van der Waals surface area contributed by atoms with E-state index in [1.807, 2.05) is 0 Å². The van der Waals surface area contributed by atoms with Gasteiger partial charge >= 0.3 is 0 Å². The Labute approximate surface area is 115 Å². The monoisotopic (exact) mass is 282 g/mol. The molecule has 19 heavy (non-hydrogen) atoms. The van der Waals surface area contributed by atoms with Gasteiger partial charge in [-0.25, -0.2) is 4.98 Å². The Bertz CT molecular complexity index is 544. The second kappa shape index (κ2) is 6.33. The molecule has 7 nitrogen and oxygen atoms in total. The fraction of sp³-hybridized carbons (Fsp3) is 0.455. The van der Waals surface area contributed by atoms with Crippen LogP contribution in [0.3, 0.4) is 0 Å². The highest BCUT2D eigenvalue weighted by Gasteiger charge is 2.07. The zero-order valence-electron chi connectivity index (χ0n) is 10.8. The van der Waals surface area contributed by atoms with Crippen LogP contribution in [0.15, 0.2) is 10.7 Å². The molecule has 8 heteroatoms. The first-order chi connectivity index (χ1) is 9.19. The van der Waals surface area contributed by atoms with Gasteiger partial charge in [0.25, 0.3) is 0 Å². The van der Waals surface area contributed by atoms with Gasteiger partial charge in [0.05, 0.1) is 12.7 Å². The minimum atomic E-state index is 0.366. The van der Waals surface area contributed by atoms with Gasteiger partial charge in [0.1, 0.15) is 5.02 Å². The summed E-state index contributed by atoms with van der Waals surface area (Å²) >= 11 is 6.02. The Hall–Kier alpha value is -1.89. The van der Waals surface area contributed by atoms with Crippen LogP contribution >= 0.6 is 11.6 Å². The number of rotatable bonds is 6. The van der Waals surface area contributed by atoms with Crippen molar-refractivity contribution in [2.45, 2.75) is 26.8 Å². The summed E-state index contributed by atoms with van der Waals surface area (Å²) in [7, 11) is 0. The fourth-order valence-electron chi connectivity index (χ4n) is 1.38. The van der Waals surface area contributed by atoms with E-state index in [1.165, 1.54) is 0 Å². The van der Waals surface area contributed by atoms with Crippen molar-refractivity contribution in [3.8, 4) is 0 Å². The largest absolute Gasteiger partial charge is 0.360 e. The van der Waals surface area contributed by atoms with Crippen LogP contribution in [0.4, 0.5) is 11.8 Å². The first kappa shape index (κ1) is 13.5. The van der Waals surface area contributed by atoms with E-state index in [0.717, 1.165) is 13.0 Å². The van der Waals surface area contributed by atoms with E-state index < -0.39 is 0 Å². The number of anilines is 2. The third kappa shape index (κ3) is 3.78. The highest BCUT2D eigenvalue weighted by Crippen LogP contribution is 2.19. The van der Waals surface area contributed by atoms with E-state index in [1.54, 1.807) is 13.1 Å². The van der Waals surface area contributed by atoms with Crippen molar-refractivity contribution in [3.63, 3.8) is 0 Å². The van der Waals surface area contributed by atoms with E-state index in [9.17, 15) is 0 Å². The fourth-order valence-corrected chi connectivity index (χ4v) is 1.54. The van der Waals surface area contributed by atoms with Gasteiger partial charge in [0, 0.05) is 6.54 Å². The van der Waals surface area contributed by atoms with Crippen molar-refractivity contribution in [1.82, 2.24) is 20.1 Å². The Morgan fingerprint density at radius 1 is 1.32 bits per heavy atom. The molecule has 0 unspecified atom stereocenters. The highest BCUT2D eigenvalue weighted by molar-refractivity contribution is 6.32. The van der Waals surface area contributed by atoms with Crippen LogP contribution in [0.2, 0.25) is 5.02 Å². The Kier molecular flexibility index (Phi) is 4.51. The van der Waals surface area contributed by atoms with E-state index in [4.69, 9.17) is 16.1 Å². The van der Waals surface area contributed by atoms with Crippen molar-refractivity contribution in [2.24, 2.45) is 0 Å². The van der Waals surface area contributed by atoms with Gasteiger partial charge in [0.15, 0.2) is 11.6 Å². The number of aryl methyl sites for hydroxylation is 1. The van der Waals surface area contributed by atoms with E-state index >= 15 is 0 Å². The maximum Gasteiger partial charge on any atom is 0.245 e. The van der Waals surface area contributed by atoms with Crippen LogP contribution in [0.1, 0.15) is 25.1 Å². The van der Waals surface area contributed by atoms with Crippen LogP contribution in [0.25, 0.3) is 0 Å². The molecule has 0 aliphatic carbocycles. The predicted octanol–water partition coefficient (Wildman–Crippen LogP) is 2.26. The molecule has 0 spiro atoms. The van der Waals surface area contributed by atoms with Gasteiger partial charge in [-0.1, -0.05) is 23.7 Å². The molecule has 0 aromatic carbocycles. The number of halogens is 1. The molecular weight excluding hydrogens is 268 g/mol. The van der Waals surface area contributed by atoms with Crippen molar-refractivity contribution < 1.29 is 4.52 Å². The smallest absolute Gasteiger partial charge is 0.245 e. The molecule has 2 rings (SSSR count). The molecule has 2 aromatic rings. The van der Waals surface area contributed by atoms with Crippen LogP contribution in [-0.4, -0.2) is 26.7 Å². The molecule has 0 saturated heterocycles. The zero-order valence-corrected chi connectivity index (χ0v) is 11.5. The lowest BCUT2D eigenvalue weighted by molar-refractivity contribution is 0.379. The van der Waals surface area contributed by atoms with Gasteiger partial charge < -0.3 is 15.2 Å². The average Bonchev–Trinajstić information content (AvgIpc) is 2.82. The lowest BCUT2D eigenvalue weighted by Gasteiger charge is -2.07. The van der Waals surface area contributed by atoms with Crippen LogP contribution in [-0.2, 0) is 6.54 Å². The molecular formula is C11H15ClN6O. The minimum Gasteiger partial charge on any atom is -0.360 e. The van der Waals surface area contributed by atoms with Crippen molar-refractivity contribution in [2.75, 3.05) is 17.2 Å². The third-order valence-corrected chi connectivity index (χ3v) is 2.53. The molecule has 0 atom stereocenters. The second-order valence-corrected chi connectivity index (χ2v) is 4.31. The second-order valence-electron chi connectivity index (χ2n) is 3.91. The molecule has 0 bridgehead atoms. The molecule has 0 fully saturated rings. The van der Waals surface area contributed by atoms with Gasteiger partial charge in [-0.05, 0) is 13.3 Å². The predicted molar refractivity (Wildman–Crippen MR) is 72.2 cm³/mol. The van der Waals surface area contributed by atoms with Crippen molar-refractivity contribution in [3.05, 3.63) is 22.9 Å². The SMILES string of the molecule is CCCNc1ncc(Cl)c(NCc2nc(C)no2)n1. The summed E-state index contributed by atoms with van der Waals surface area (Å²) in [6.45, 7) is 5.01. The van der Waals surface area contributed by atoms with Crippen LogP contribution in [0.5, 0.6) is 0 Å². The lowest BCUT2D eigenvalue weighted by atomic mass is 10.5. The molecule has 102 valence electrons. The highest BCUT2D eigenvalue weighted by atomic mass is 35.5. The molecule has 0 radical (unpaired) electrons. The number of hydrogen-bond acceptors (Lipinski definition) is 7. The van der Waals surface area contributed by atoms with Gasteiger partial charge in [-0.15, -0.1) is 0 Å². The molecule has 2 heterocycles. The summed E-state index contributed by atoms with van der Waals surface area (Å²) in [6, 6.07) is 0. The average molecular weight is 283 g/mol. The van der Waals surface area contributed by atoms with E-state index in [-0.39, 0.29) is 0 Å². The van der Waals surface area contributed by atoms with Gasteiger partial charge in [-0.2, -0.15) is 9.97 Å². The molecule has 0 saturated carbocycles. The summed E-state index contributed by atoms with van der Waals surface area (Å²) in [4.78, 5) is 12.5. The Morgan fingerprint density at radius 3 is 2.84 bits per heavy atom. The zero-order chi connectivity index (χ0) is 13.7. The number of nitrogens with zero attached hydrogens (tertiary/aromatic N) is 4. The molecule has 0 aliphatic rings. The third-order valence-electron chi connectivity index (χ3n) is 2.25. The quantitative estimate of drug-likeness (QED) is 0.840. The summed E-state index contributed by atoms with van der Waals surface area (Å²) in [5.74, 6) is 2.15. The summed E-state index contributed by atoms with van der Waals surface area (Å²) < 4.78 is 5.00. The standard InChI is InChI=1S/C11H15ClN6O/c1-3-4-13-11-15-5-8(12)10(17-11)14-6-9-16-7(2)18-19-9/h5H,3-4,6H2,1-2H3,(H2,13,14,15,17). The molecule has 2 aromatic heterocycles. The van der Waals surface area contributed by atoms with Gasteiger partial charge in [0.2, 0.25) is 11.8 Å². The topological polar surface area (TPSA) is 88.8 Å². The van der Waals surface area contributed by atoms with Gasteiger partial charge in [-0.3, -0.25) is 0 Å². The molecule has 0 amide bonds. The Balaban J connectivity index is 2.02. The van der Waals surface area contributed by atoms with E-state index in [2.05, 4.69) is 37.7 Å². The number of aromatic nitrogens is 4. The summed E-state index contributed by atoms with van der Waals surface area (Å²) in [5.41, 5.74) is 0. The Morgan fingerprint density at radius 2 is 2.16 bits per heavy atom. The summed E-state index contributed by atoms with van der Waals surface area (Å²) in [6.07, 6.45) is 2.55. The van der Waals surface area contributed by atoms with Crippen LogP contribution in [0, 0.1) is 6.92 Å². The normalized spacial score (nSPS) is 10.5. The first-order valence-corrected chi connectivity index (χ1v) is 6.36. The first-order valence-electron chi connectivity index (χ1n) is 5.98. The van der Waals surface area contributed by atoms with Crippen molar-refractivity contribution >= 4 is 23.4 Å². The minimum absolute atomic E-state index is 0.366. The van der Waals surface area contributed by atoms with E-state index in [0.29, 0.717) is 35.0 Å². The lowest BCUT2D eigenvalue weighted by Crippen LogP contribution is -2.08. The maximum absolute atomic E-state index is 6.02. The number of nitrogens with one attached hydrogen (secondary N) is 2. The van der Waals surface area contributed by atoms with Crippen LogP contribution < -0.4 is 10.6 Å². The summed E-state index contributed by atoms with van der Waals surface area (Å²) in [5, 5.41) is 10.3. The maximum atomic E-state index is 6.02.